The van der Waals surface area contributed by atoms with Crippen LogP contribution in [0.1, 0.15) is 37.8 Å². The minimum absolute atomic E-state index is 0.0306. The number of carboxylic acid groups (broad SMARTS) is 1. The van der Waals surface area contributed by atoms with E-state index >= 15 is 0 Å². The highest BCUT2D eigenvalue weighted by Gasteiger charge is 2.34. The number of amides is 1. The number of carbonyl (C=O) groups is 2. The molecule has 1 aromatic rings. The van der Waals surface area contributed by atoms with E-state index in [2.05, 4.69) is 54.1 Å². The first-order valence-corrected chi connectivity index (χ1v) is 13.7. The molecule has 33 heavy (non-hydrogen) atoms. The van der Waals surface area contributed by atoms with Gasteiger partial charge in [-0.3, -0.25) is 9.69 Å². The van der Waals surface area contributed by atoms with Crippen LogP contribution < -0.4 is 16.4 Å². The number of nitrogens with zero attached hydrogens (tertiary/aromatic N) is 1. The van der Waals surface area contributed by atoms with Crippen molar-refractivity contribution in [2.24, 2.45) is 11.7 Å². The van der Waals surface area contributed by atoms with Crippen LogP contribution in [0, 0.1) is 5.92 Å². The zero-order valence-electron chi connectivity index (χ0n) is 20.0. The van der Waals surface area contributed by atoms with Gasteiger partial charge in [0.15, 0.2) is 0 Å². The van der Waals surface area contributed by atoms with Crippen LogP contribution in [-0.4, -0.2) is 76.9 Å². The minimum atomic E-state index is -0.986. The van der Waals surface area contributed by atoms with Crippen LogP contribution in [0.3, 0.4) is 0 Å². The van der Waals surface area contributed by atoms with Gasteiger partial charge in [-0.25, -0.2) is 4.79 Å². The molecule has 0 radical (unpaired) electrons. The predicted molar refractivity (Wildman–Crippen MR) is 140 cm³/mol. The average molecular weight is 497 g/mol. The van der Waals surface area contributed by atoms with Gasteiger partial charge in [-0.15, -0.1) is 0 Å². The Bertz CT molecular complexity index is 765. The zero-order valence-corrected chi connectivity index (χ0v) is 21.7. The summed E-state index contributed by atoms with van der Waals surface area (Å²) < 4.78 is 0. The summed E-state index contributed by atoms with van der Waals surface area (Å²) in [4.78, 5) is 27.2. The SMILES string of the molecule is CSCC[C@H](NC(=O)C1Cc2ccccc2CN1CC(CC(C)C)NCC(N)CS)C(=O)O. The van der Waals surface area contributed by atoms with Crippen molar-refractivity contribution < 1.29 is 14.7 Å². The van der Waals surface area contributed by atoms with Crippen LogP contribution in [0.2, 0.25) is 0 Å². The highest BCUT2D eigenvalue weighted by Crippen LogP contribution is 2.24. The van der Waals surface area contributed by atoms with Crippen molar-refractivity contribution in [1.82, 2.24) is 15.5 Å². The number of thiol groups is 1. The molecule has 186 valence electrons. The third-order valence-electron chi connectivity index (χ3n) is 5.99. The van der Waals surface area contributed by atoms with Gasteiger partial charge in [0, 0.05) is 37.5 Å². The number of carboxylic acids is 1. The Labute approximate surface area is 208 Å². The summed E-state index contributed by atoms with van der Waals surface area (Å²) in [5.74, 6) is 0.576. The predicted octanol–water partition coefficient (Wildman–Crippen LogP) is 2.00. The molecule has 1 aliphatic heterocycles. The van der Waals surface area contributed by atoms with Crippen molar-refractivity contribution >= 4 is 36.3 Å². The molecule has 0 aliphatic carbocycles. The molecule has 5 N–H and O–H groups in total. The van der Waals surface area contributed by atoms with Crippen molar-refractivity contribution in [3.05, 3.63) is 35.4 Å². The Hall–Kier alpha value is -1.26. The first-order valence-electron chi connectivity index (χ1n) is 11.7. The lowest BCUT2D eigenvalue weighted by Gasteiger charge is -2.39. The van der Waals surface area contributed by atoms with E-state index in [1.165, 1.54) is 5.56 Å². The molecule has 0 bridgehead atoms. The molecule has 4 atom stereocenters. The number of nitrogens with one attached hydrogen (secondary N) is 2. The number of nitrogens with two attached hydrogens (primary N) is 1. The van der Waals surface area contributed by atoms with Gasteiger partial charge >= 0.3 is 5.97 Å². The Morgan fingerprint density at radius 3 is 2.61 bits per heavy atom. The topological polar surface area (TPSA) is 108 Å². The van der Waals surface area contributed by atoms with Gasteiger partial charge in [0.2, 0.25) is 5.91 Å². The Kier molecular flexibility index (Phi) is 12.0. The maximum absolute atomic E-state index is 13.3. The largest absolute Gasteiger partial charge is 0.480 e. The number of rotatable bonds is 14. The monoisotopic (exact) mass is 496 g/mol. The lowest BCUT2D eigenvalue weighted by molar-refractivity contribution is -0.143. The lowest BCUT2D eigenvalue weighted by atomic mass is 9.92. The molecule has 0 aromatic heterocycles. The summed E-state index contributed by atoms with van der Waals surface area (Å²) in [6.45, 7) is 6.38. The van der Waals surface area contributed by atoms with Crippen LogP contribution in [0.25, 0.3) is 0 Å². The van der Waals surface area contributed by atoms with Gasteiger partial charge in [0.25, 0.3) is 0 Å². The molecule has 2 rings (SSSR count). The molecule has 1 heterocycles. The first-order chi connectivity index (χ1) is 15.7. The smallest absolute Gasteiger partial charge is 0.326 e. The van der Waals surface area contributed by atoms with Crippen molar-refractivity contribution in [2.75, 3.05) is 30.9 Å². The molecule has 3 unspecified atom stereocenters. The molecule has 0 saturated heterocycles. The fourth-order valence-electron chi connectivity index (χ4n) is 4.25. The van der Waals surface area contributed by atoms with Gasteiger partial charge in [0.1, 0.15) is 6.04 Å². The van der Waals surface area contributed by atoms with Crippen molar-refractivity contribution in [3.63, 3.8) is 0 Å². The van der Waals surface area contributed by atoms with Gasteiger partial charge in [-0.2, -0.15) is 24.4 Å². The lowest BCUT2D eigenvalue weighted by Crippen LogP contribution is -2.57. The maximum Gasteiger partial charge on any atom is 0.326 e. The van der Waals surface area contributed by atoms with Gasteiger partial charge in [0.05, 0.1) is 6.04 Å². The van der Waals surface area contributed by atoms with E-state index in [1.807, 2.05) is 18.4 Å². The Morgan fingerprint density at radius 1 is 1.30 bits per heavy atom. The fourth-order valence-corrected chi connectivity index (χ4v) is 4.85. The maximum atomic E-state index is 13.3. The van der Waals surface area contributed by atoms with Crippen molar-refractivity contribution in [2.45, 2.75) is 63.8 Å². The second kappa shape index (κ2) is 14.2. The van der Waals surface area contributed by atoms with Crippen LogP contribution in [0.5, 0.6) is 0 Å². The first kappa shape index (κ1) is 28.0. The number of aliphatic carboxylic acids is 1. The van der Waals surface area contributed by atoms with E-state index in [9.17, 15) is 14.7 Å². The van der Waals surface area contributed by atoms with E-state index in [-0.39, 0.29) is 18.0 Å². The number of benzene rings is 1. The van der Waals surface area contributed by atoms with E-state index < -0.39 is 18.1 Å². The molecule has 0 fully saturated rings. The highest BCUT2D eigenvalue weighted by molar-refractivity contribution is 7.98. The number of hydrogen-bond donors (Lipinski definition) is 5. The molecule has 9 heteroatoms. The minimum Gasteiger partial charge on any atom is -0.480 e. The summed E-state index contributed by atoms with van der Waals surface area (Å²) in [5.41, 5.74) is 8.44. The van der Waals surface area contributed by atoms with E-state index in [4.69, 9.17) is 5.73 Å². The normalized spacial score (nSPS) is 19.0. The summed E-state index contributed by atoms with van der Waals surface area (Å²) >= 11 is 5.86. The second-order valence-electron chi connectivity index (χ2n) is 9.28. The quantitative estimate of drug-likeness (QED) is 0.251. The van der Waals surface area contributed by atoms with Crippen LogP contribution in [0.4, 0.5) is 0 Å². The molecular formula is C24H40N4O3S2. The van der Waals surface area contributed by atoms with E-state index in [0.29, 0.717) is 49.9 Å². The molecule has 0 saturated carbocycles. The summed E-state index contributed by atoms with van der Waals surface area (Å²) in [6, 6.07) is 7.04. The van der Waals surface area contributed by atoms with E-state index in [1.54, 1.807) is 11.8 Å². The number of carbonyl (C=O) groups excluding carboxylic acids is 1. The number of thioether (sulfide) groups is 1. The molecular weight excluding hydrogens is 456 g/mol. The molecule has 0 spiro atoms. The van der Waals surface area contributed by atoms with E-state index in [0.717, 1.165) is 12.0 Å². The van der Waals surface area contributed by atoms with Crippen molar-refractivity contribution in [3.8, 4) is 0 Å². The average Bonchev–Trinajstić information content (AvgIpc) is 2.78. The zero-order chi connectivity index (χ0) is 24.4. The van der Waals surface area contributed by atoms with Crippen molar-refractivity contribution in [1.29, 1.82) is 0 Å². The summed E-state index contributed by atoms with van der Waals surface area (Å²) in [5, 5.41) is 16.0. The number of hydrogen-bond acceptors (Lipinski definition) is 7. The fraction of sp³-hybridized carbons (Fsp3) is 0.667. The highest BCUT2D eigenvalue weighted by atomic mass is 32.2. The Morgan fingerprint density at radius 2 is 2.00 bits per heavy atom. The summed E-state index contributed by atoms with van der Waals surface area (Å²) in [7, 11) is 0. The van der Waals surface area contributed by atoms with Crippen LogP contribution >= 0.6 is 24.4 Å². The molecule has 1 aliphatic rings. The number of fused-ring (bicyclic) bond motifs is 1. The van der Waals surface area contributed by atoms with Gasteiger partial charge in [-0.1, -0.05) is 38.1 Å². The molecule has 7 nitrogen and oxygen atoms in total. The van der Waals surface area contributed by atoms with Gasteiger partial charge < -0.3 is 21.5 Å². The van der Waals surface area contributed by atoms with Gasteiger partial charge in [-0.05, 0) is 48.3 Å². The van der Waals surface area contributed by atoms with Crippen LogP contribution in [-0.2, 0) is 22.6 Å². The second-order valence-corrected chi connectivity index (χ2v) is 10.6. The standard InChI is InChI=1S/C24H40N4O3S2/c1-16(2)10-20(26-12-19(25)15-32)14-28-13-18-7-5-4-6-17(18)11-22(28)23(29)27-21(24(30)31)8-9-33-3/h4-7,16,19-22,26,32H,8-15,25H2,1-3H3,(H,27,29)(H,30,31)/t19?,20?,21-,22?/m0/s1. The third kappa shape index (κ3) is 9.13. The summed E-state index contributed by atoms with van der Waals surface area (Å²) in [6.07, 6.45) is 3.87. The van der Waals surface area contributed by atoms with Crippen LogP contribution in [0.15, 0.2) is 24.3 Å². The molecule has 1 aromatic carbocycles. The Balaban J connectivity index is 2.21. The third-order valence-corrected chi connectivity index (χ3v) is 7.10. The molecule has 1 amide bonds.